The maximum atomic E-state index is 11.7. The third-order valence-corrected chi connectivity index (χ3v) is 5.39. The molecule has 5 heteroatoms. The van der Waals surface area contributed by atoms with E-state index in [2.05, 4.69) is 15.9 Å². The van der Waals surface area contributed by atoms with Gasteiger partial charge in [-0.1, -0.05) is 22.4 Å². The molecule has 2 aliphatic carbocycles. The van der Waals surface area contributed by atoms with Crippen LogP contribution in [0.3, 0.4) is 0 Å². The van der Waals surface area contributed by atoms with Gasteiger partial charge >= 0.3 is 5.97 Å². The summed E-state index contributed by atoms with van der Waals surface area (Å²) in [6.45, 7) is 0. The summed E-state index contributed by atoms with van der Waals surface area (Å²) < 4.78 is 12.1. The van der Waals surface area contributed by atoms with Gasteiger partial charge in [-0.05, 0) is 49.8 Å². The molecule has 0 unspecified atom stereocenters. The highest BCUT2D eigenvalue weighted by atomic mass is 79.9. The molecule has 0 spiro atoms. The number of carboxylic acid groups (broad SMARTS) is 1. The molecule has 114 valence electrons. The van der Waals surface area contributed by atoms with Gasteiger partial charge in [0.25, 0.3) is 0 Å². The van der Waals surface area contributed by atoms with Gasteiger partial charge in [-0.3, -0.25) is 4.79 Å². The summed E-state index contributed by atoms with van der Waals surface area (Å²) in [5, 5.41) is 9.63. The molecule has 0 aliphatic heterocycles. The minimum atomic E-state index is -0.775. The van der Waals surface area contributed by atoms with Crippen molar-refractivity contribution in [3.63, 3.8) is 0 Å². The van der Waals surface area contributed by atoms with Crippen LogP contribution in [0.15, 0.2) is 16.6 Å². The van der Waals surface area contributed by atoms with E-state index in [1.165, 1.54) is 6.42 Å². The first-order valence-corrected chi connectivity index (χ1v) is 8.14. The van der Waals surface area contributed by atoms with Crippen molar-refractivity contribution < 1.29 is 19.4 Å². The standard InChI is InChI=1S/C16H19BrO4/c1-20-13-9-12(17)11(16(15(18)19)6-3-7-16)8-14(13)21-10-4-2-5-10/h8-10H,2-7H2,1H3,(H,18,19). The molecular weight excluding hydrogens is 336 g/mol. The number of carboxylic acids is 1. The predicted molar refractivity (Wildman–Crippen MR) is 82.1 cm³/mol. The lowest BCUT2D eigenvalue weighted by Crippen LogP contribution is -2.42. The second-order valence-corrected chi connectivity index (χ2v) is 6.75. The molecule has 0 heterocycles. The Bertz CT molecular complexity index is 562. The lowest BCUT2D eigenvalue weighted by molar-refractivity contribution is -0.147. The summed E-state index contributed by atoms with van der Waals surface area (Å²) in [5.74, 6) is 0.555. The lowest BCUT2D eigenvalue weighted by Gasteiger charge is -2.39. The molecule has 1 aromatic carbocycles. The van der Waals surface area contributed by atoms with E-state index < -0.39 is 11.4 Å². The average Bonchev–Trinajstić information content (AvgIpc) is 2.34. The smallest absolute Gasteiger partial charge is 0.314 e. The zero-order chi connectivity index (χ0) is 15.0. The Kier molecular flexibility index (Phi) is 3.86. The number of methoxy groups -OCH3 is 1. The van der Waals surface area contributed by atoms with Crippen molar-refractivity contribution >= 4 is 21.9 Å². The SMILES string of the molecule is COc1cc(Br)c(C2(C(=O)O)CCC2)cc1OC1CCC1. The van der Waals surface area contributed by atoms with Gasteiger partial charge in [0.2, 0.25) is 0 Å². The number of aliphatic carboxylic acids is 1. The summed E-state index contributed by atoms with van der Waals surface area (Å²) in [5.41, 5.74) is 0.0272. The van der Waals surface area contributed by atoms with Gasteiger partial charge in [0.1, 0.15) is 0 Å². The van der Waals surface area contributed by atoms with E-state index >= 15 is 0 Å². The Balaban J connectivity index is 1.99. The molecule has 1 aromatic rings. The van der Waals surface area contributed by atoms with E-state index in [0.29, 0.717) is 24.3 Å². The Labute approximate surface area is 132 Å². The van der Waals surface area contributed by atoms with Gasteiger partial charge in [-0.15, -0.1) is 0 Å². The molecule has 2 aliphatic rings. The van der Waals surface area contributed by atoms with Crippen molar-refractivity contribution in [2.24, 2.45) is 0 Å². The third-order valence-electron chi connectivity index (χ3n) is 4.73. The number of benzene rings is 1. The van der Waals surface area contributed by atoms with Gasteiger partial charge in [-0.25, -0.2) is 0 Å². The second kappa shape index (κ2) is 5.52. The molecule has 4 nitrogen and oxygen atoms in total. The summed E-state index contributed by atoms with van der Waals surface area (Å²) in [4.78, 5) is 11.7. The van der Waals surface area contributed by atoms with Gasteiger partial charge in [-0.2, -0.15) is 0 Å². The van der Waals surface area contributed by atoms with Gasteiger partial charge in [0.05, 0.1) is 18.6 Å². The van der Waals surface area contributed by atoms with Crippen LogP contribution in [0.4, 0.5) is 0 Å². The summed E-state index contributed by atoms with van der Waals surface area (Å²) >= 11 is 3.50. The van der Waals surface area contributed by atoms with E-state index in [9.17, 15) is 9.90 Å². The van der Waals surface area contributed by atoms with E-state index in [4.69, 9.17) is 9.47 Å². The Morgan fingerprint density at radius 2 is 2.00 bits per heavy atom. The van der Waals surface area contributed by atoms with Crippen LogP contribution in [0.2, 0.25) is 0 Å². The molecule has 21 heavy (non-hydrogen) atoms. The molecular formula is C16H19BrO4. The first-order valence-electron chi connectivity index (χ1n) is 7.35. The predicted octanol–water partition coefficient (Wildman–Crippen LogP) is 3.90. The van der Waals surface area contributed by atoms with Crippen LogP contribution in [-0.2, 0) is 10.2 Å². The van der Waals surface area contributed by atoms with Gasteiger partial charge < -0.3 is 14.6 Å². The quantitative estimate of drug-likeness (QED) is 0.871. The maximum Gasteiger partial charge on any atom is 0.314 e. The van der Waals surface area contributed by atoms with Crippen LogP contribution in [0.1, 0.15) is 44.1 Å². The maximum absolute atomic E-state index is 11.7. The number of halogens is 1. The highest BCUT2D eigenvalue weighted by Gasteiger charge is 2.47. The fourth-order valence-electron chi connectivity index (χ4n) is 2.95. The molecule has 0 radical (unpaired) electrons. The molecule has 0 aromatic heterocycles. The number of hydrogen-bond donors (Lipinski definition) is 1. The molecule has 0 saturated heterocycles. The molecule has 2 saturated carbocycles. The molecule has 0 atom stereocenters. The topological polar surface area (TPSA) is 55.8 Å². The average molecular weight is 355 g/mol. The van der Waals surface area contributed by atoms with Crippen molar-refractivity contribution in [2.45, 2.75) is 50.0 Å². The Hall–Kier alpha value is -1.23. The van der Waals surface area contributed by atoms with Crippen molar-refractivity contribution in [1.82, 2.24) is 0 Å². The molecule has 3 rings (SSSR count). The number of hydrogen-bond acceptors (Lipinski definition) is 3. The fourth-order valence-corrected chi connectivity index (χ4v) is 3.65. The first kappa shape index (κ1) is 14.7. The highest BCUT2D eigenvalue weighted by molar-refractivity contribution is 9.10. The van der Waals surface area contributed by atoms with Crippen LogP contribution in [0.25, 0.3) is 0 Å². The summed E-state index contributed by atoms with van der Waals surface area (Å²) in [6.07, 6.45) is 5.83. The van der Waals surface area contributed by atoms with Crippen LogP contribution < -0.4 is 9.47 Å². The minimum absolute atomic E-state index is 0.232. The van der Waals surface area contributed by atoms with E-state index in [0.717, 1.165) is 29.3 Å². The van der Waals surface area contributed by atoms with E-state index in [1.54, 1.807) is 7.11 Å². The van der Waals surface area contributed by atoms with E-state index in [1.807, 2.05) is 12.1 Å². The fraction of sp³-hybridized carbons (Fsp3) is 0.562. The molecule has 0 amide bonds. The number of rotatable bonds is 5. The van der Waals surface area contributed by atoms with Gasteiger partial charge in [0.15, 0.2) is 11.5 Å². The van der Waals surface area contributed by atoms with Crippen molar-refractivity contribution in [3.8, 4) is 11.5 Å². The Morgan fingerprint density at radius 1 is 1.29 bits per heavy atom. The zero-order valence-corrected chi connectivity index (χ0v) is 13.6. The largest absolute Gasteiger partial charge is 0.493 e. The molecule has 1 N–H and O–H groups in total. The number of ether oxygens (including phenoxy) is 2. The normalized spacial score (nSPS) is 20.3. The summed E-state index contributed by atoms with van der Waals surface area (Å²) in [6, 6.07) is 3.68. The van der Waals surface area contributed by atoms with Crippen molar-refractivity contribution in [2.75, 3.05) is 7.11 Å². The monoisotopic (exact) mass is 354 g/mol. The van der Waals surface area contributed by atoms with Gasteiger partial charge in [0, 0.05) is 4.47 Å². The highest BCUT2D eigenvalue weighted by Crippen LogP contribution is 2.49. The van der Waals surface area contributed by atoms with Crippen LogP contribution in [0.5, 0.6) is 11.5 Å². The van der Waals surface area contributed by atoms with Crippen LogP contribution in [-0.4, -0.2) is 24.3 Å². The van der Waals surface area contributed by atoms with Crippen molar-refractivity contribution in [3.05, 3.63) is 22.2 Å². The minimum Gasteiger partial charge on any atom is -0.493 e. The first-order chi connectivity index (χ1) is 10.1. The molecule has 2 fully saturated rings. The molecule has 0 bridgehead atoms. The summed E-state index contributed by atoms with van der Waals surface area (Å²) in [7, 11) is 1.60. The van der Waals surface area contributed by atoms with Crippen LogP contribution in [0, 0.1) is 0 Å². The lowest BCUT2D eigenvalue weighted by atomic mass is 9.64. The van der Waals surface area contributed by atoms with E-state index in [-0.39, 0.29) is 6.10 Å². The Morgan fingerprint density at radius 3 is 2.43 bits per heavy atom. The number of carbonyl (C=O) groups is 1. The zero-order valence-electron chi connectivity index (χ0n) is 12.0. The van der Waals surface area contributed by atoms with Crippen LogP contribution >= 0.6 is 15.9 Å². The third kappa shape index (κ3) is 2.41. The van der Waals surface area contributed by atoms with Crippen molar-refractivity contribution in [1.29, 1.82) is 0 Å². The second-order valence-electron chi connectivity index (χ2n) is 5.89.